The van der Waals surface area contributed by atoms with E-state index in [2.05, 4.69) is 47.0 Å². The summed E-state index contributed by atoms with van der Waals surface area (Å²) in [5.74, 6) is -1.34. The number of anilines is 2. The number of ether oxygens (including phenoxy) is 3. The molecule has 0 amide bonds. The molecule has 6 rings (SSSR count). The van der Waals surface area contributed by atoms with Crippen molar-refractivity contribution in [2.24, 2.45) is 0 Å². The van der Waals surface area contributed by atoms with Crippen LogP contribution in [-0.4, -0.2) is 59.3 Å². The minimum Gasteiger partial charge on any atom is -0.468 e. The molecule has 2 aliphatic rings. The lowest BCUT2D eigenvalue weighted by molar-refractivity contribution is -0.158. The summed E-state index contributed by atoms with van der Waals surface area (Å²) in [5, 5.41) is 5.87. The van der Waals surface area contributed by atoms with E-state index in [1.807, 2.05) is 69.3 Å². The zero-order chi connectivity index (χ0) is 37.2. The Hall–Kier alpha value is -4.41. The highest BCUT2D eigenvalue weighted by Gasteiger charge is 2.40. The van der Waals surface area contributed by atoms with Crippen molar-refractivity contribution in [3.8, 4) is 22.3 Å². The maximum Gasteiger partial charge on any atom is 0.330 e. The van der Waals surface area contributed by atoms with Crippen molar-refractivity contribution in [2.75, 3.05) is 23.5 Å². The Morgan fingerprint density at radius 2 is 1.12 bits per heavy atom. The molecule has 1 unspecified atom stereocenters. The first-order valence-electron chi connectivity index (χ1n) is 17.5. The van der Waals surface area contributed by atoms with Crippen LogP contribution >= 0.6 is 21.6 Å². The molecular weight excluding hydrogens is 693 g/mol. The highest BCUT2D eigenvalue weighted by atomic mass is 33.1. The molecule has 3 atom stereocenters. The number of esters is 3. The van der Waals surface area contributed by atoms with Crippen LogP contribution in [0.15, 0.2) is 84.9 Å². The van der Waals surface area contributed by atoms with Gasteiger partial charge < -0.3 is 24.8 Å². The van der Waals surface area contributed by atoms with Crippen molar-refractivity contribution in [1.82, 2.24) is 0 Å². The number of carbonyl (C=O) groups excluding carboxylic acids is 3. The van der Waals surface area contributed by atoms with Gasteiger partial charge in [0.2, 0.25) is 0 Å². The zero-order valence-corrected chi connectivity index (χ0v) is 32.3. The molecule has 0 fully saturated rings. The van der Waals surface area contributed by atoms with Gasteiger partial charge in [0.15, 0.2) is 0 Å². The quantitative estimate of drug-likeness (QED) is 0.0720. The molecule has 4 aromatic rings. The maximum atomic E-state index is 13.9. The summed E-state index contributed by atoms with van der Waals surface area (Å²) in [6, 6.07) is 26.7. The summed E-state index contributed by atoms with van der Waals surface area (Å²) >= 11 is 0. The number of hydrogen-bond donors (Lipinski definition) is 2. The molecule has 52 heavy (non-hydrogen) atoms. The van der Waals surface area contributed by atoms with E-state index >= 15 is 0 Å². The molecule has 2 N–H and O–H groups in total. The molecule has 0 radical (unpaired) electrons. The lowest BCUT2D eigenvalue weighted by Gasteiger charge is -2.30. The van der Waals surface area contributed by atoms with Crippen LogP contribution in [0.5, 0.6) is 0 Å². The monoisotopic (exact) mass is 738 g/mol. The molecule has 0 heterocycles. The smallest absolute Gasteiger partial charge is 0.330 e. The number of rotatable bonds is 12. The van der Waals surface area contributed by atoms with Crippen LogP contribution in [0.25, 0.3) is 22.3 Å². The summed E-state index contributed by atoms with van der Waals surface area (Å²) in [6.45, 7) is 10.9. The van der Waals surface area contributed by atoms with Gasteiger partial charge in [0, 0.05) is 30.0 Å². The van der Waals surface area contributed by atoms with E-state index < -0.39 is 46.4 Å². The largest absolute Gasteiger partial charge is 0.468 e. The fraction of sp³-hybridized carbons (Fsp3) is 0.357. The van der Waals surface area contributed by atoms with Gasteiger partial charge in [-0.3, -0.25) is 4.79 Å². The number of benzene rings is 4. The van der Waals surface area contributed by atoms with Gasteiger partial charge in [0.1, 0.15) is 28.5 Å². The number of carbonyl (C=O) groups is 3. The first-order valence-corrected chi connectivity index (χ1v) is 19.9. The van der Waals surface area contributed by atoms with Crippen LogP contribution < -0.4 is 10.6 Å². The number of fused-ring (bicyclic) bond motifs is 6. The van der Waals surface area contributed by atoms with Crippen molar-refractivity contribution < 1.29 is 28.6 Å². The maximum absolute atomic E-state index is 13.9. The van der Waals surface area contributed by atoms with Gasteiger partial charge in [-0.15, -0.1) is 0 Å². The first kappa shape index (κ1) is 37.4. The third-order valence-corrected chi connectivity index (χ3v) is 11.6. The fourth-order valence-electron chi connectivity index (χ4n) is 6.63. The fourth-order valence-corrected chi connectivity index (χ4v) is 9.33. The highest BCUT2D eigenvalue weighted by Crippen LogP contribution is 2.43. The second kappa shape index (κ2) is 15.3. The predicted molar refractivity (Wildman–Crippen MR) is 212 cm³/mol. The molecule has 8 nitrogen and oxygen atoms in total. The summed E-state index contributed by atoms with van der Waals surface area (Å²) in [7, 11) is 3.79. The Balaban J connectivity index is 1.26. The lowest BCUT2D eigenvalue weighted by Crippen LogP contribution is -2.47. The zero-order valence-electron chi connectivity index (χ0n) is 30.7. The van der Waals surface area contributed by atoms with Gasteiger partial charge >= 0.3 is 17.9 Å². The van der Waals surface area contributed by atoms with Crippen LogP contribution in [0.3, 0.4) is 0 Å². The normalized spacial score (nSPS) is 14.5. The molecule has 2 aliphatic carbocycles. The van der Waals surface area contributed by atoms with Crippen LogP contribution in [-0.2, 0) is 41.4 Å². The second-order valence-corrected chi connectivity index (χ2v) is 17.6. The molecule has 4 aromatic carbocycles. The molecule has 0 spiro atoms. The first-order chi connectivity index (χ1) is 24.7. The summed E-state index contributed by atoms with van der Waals surface area (Å²) < 4.78 is 17.0. The van der Waals surface area contributed by atoms with Gasteiger partial charge in [0.25, 0.3) is 0 Å². The Labute approximate surface area is 314 Å². The van der Waals surface area contributed by atoms with Crippen LogP contribution in [0.4, 0.5) is 11.4 Å². The van der Waals surface area contributed by atoms with Crippen LogP contribution in [0, 0.1) is 0 Å². The molecule has 0 saturated heterocycles. The molecule has 0 aromatic heterocycles. The number of hydrogen-bond acceptors (Lipinski definition) is 10. The van der Waals surface area contributed by atoms with Crippen molar-refractivity contribution in [3.05, 3.63) is 107 Å². The summed E-state index contributed by atoms with van der Waals surface area (Å²) in [6.07, 6.45) is 1.44. The van der Waals surface area contributed by atoms with Gasteiger partial charge in [0.05, 0.1) is 7.11 Å². The van der Waals surface area contributed by atoms with Crippen molar-refractivity contribution in [2.45, 2.75) is 82.9 Å². The number of nitrogens with one attached hydrogen (secondary N) is 2. The van der Waals surface area contributed by atoms with E-state index in [1.165, 1.54) is 45.4 Å². The molecule has 10 heteroatoms. The van der Waals surface area contributed by atoms with E-state index in [1.54, 1.807) is 20.8 Å². The SMILES string of the molecule is COC(=O)C(SSC[C@H](Nc1cccc2c1Cc1ccccc1-2)C(=O)OC(C)(C)C)[C@H](Nc1cccc2c1Cc1ccccc1-2)C(=O)OC(C)(C)C. The summed E-state index contributed by atoms with van der Waals surface area (Å²) in [4.78, 5) is 41.2. The van der Waals surface area contributed by atoms with Gasteiger partial charge in [-0.2, -0.15) is 0 Å². The Bertz CT molecular complexity index is 1980. The Morgan fingerprint density at radius 3 is 1.63 bits per heavy atom. The topological polar surface area (TPSA) is 103 Å². The van der Waals surface area contributed by atoms with E-state index in [9.17, 15) is 14.4 Å². The molecule has 272 valence electrons. The lowest BCUT2D eigenvalue weighted by atomic mass is 10.0. The van der Waals surface area contributed by atoms with Crippen molar-refractivity contribution >= 4 is 50.9 Å². The molecule has 0 bridgehead atoms. The molecule has 0 aliphatic heterocycles. The third-order valence-electron chi connectivity index (χ3n) is 8.84. The Kier molecular flexibility index (Phi) is 11.0. The van der Waals surface area contributed by atoms with E-state index in [0.717, 1.165) is 45.6 Å². The van der Waals surface area contributed by atoms with Gasteiger partial charge in [-0.25, -0.2) is 9.59 Å². The summed E-state index contributed by atoms with van der Waals surface area (Å²) in [5.41, 5.74) is 9.25. The second-order valence-electron chi connectivity index (χ2n) is 15.0. The van der Waals surface area contributed by atoms with Gasteiger partial charge in [-0.1, -0.05) is 94.4 Å². The number of methoxy groups -OCH3 is 1. The van der Waals surface area contributed by atoms with E-state index in [-0.39, 0.29) is 5.75 Å². The van der Waals surface area contributed by atoms with Crippen LogP contribution in [0.1, 0.15) is 63.8 Å². The van der Waals surface area contributed by atoms with Gasteiger partial charge in [-0.05, 0) is 98.2 Å². The molecule has 0 saturated carbocycles. The van der Waals surface area contributed by atoms with Crippen molar-refractivity contribution in [1.29, 1.82) is 0 Å². The average molecular weight is 739 g/mol. The van der Waals surface area contributed by atoms with Crippen LogP contribution in [0.2, 0.25) is 0 Å². The minimum atomic E-state index is -1.09. The predicted octanol–water partition coefficient (Wildman–Crippen LogP) is 8.70. The minimum absolute atomic E-state index is 0.237. The third kappa shape index (κ3) is 8.45. The standard InChI is InChI=1S/C42H46N2O6S2/c1-41(2,3)49-38(45)35(43-33-20-12-18-29-27-16-10-8-14-25(27)22-31(29)33)24-51-52-37(40(47)48-7)36(39(46)50-42(4,5)6)44-34-21-13-19-30-28-17-11-9-15-26(28)23-32(30)34/h8-21,35-37,43-44H,22-24H2,1-7H3/t35-,36-,37?/m0/s1. The highest BCUT2D eigenvalue weighted by molar-refractivity contribution is 8.77. The average Bonchev–Trinajstić information content (AvgIpc) is 3.66. The van der Waals surface area contributed by atoms with Crippen molar-refractivity contribution in [3.63, 3.8) is 0 Å². The Morgan fingerprint density at radius 1 is 0.635 bits per heavy atom. The molecular formula is C42H46N2O6S2. The van der Waals surface area contributed by atoms with E-state index in [4.69, 9.17) is 14.2 Å². The van der Waals surface area contributed by atoms with E-state index in [0.29, 0.717) is 6.42 Å².